The zero-order valence-electron chi connectivity index (χ0n) is 20.3. The molecule has 1 heterocycles. The Hall–Kier alpha value is 0.450. The molecule has 0 fully saturated rings. The summed E-state index contributed by atoms with van der Waals surface area (Å²) in [6.07, 6.45) is 1.83. The van der Waals surface area contributed by atoms with Gasteiger partial charge in [-0.25, -0.2) is 0 Å². The lowest BCUT2D eigenvalue weighted by Crippen LogP contribution is -2.30. The largest absolute Gasteiger partial charge is 0.257 e. The summed E-state index contributed by atoms with van der Waals surface area (Å²) in [5, 5.41) is 0.460. The Kier molecular flexibility index (Phi) is 7.74. The van der Waals surface area contributed by atoms with Crippen molar-refractivity contribution in [3.63, 3.8) is 0 Å². The fourth-order valence-electron chi connectivity index (χ4n) is 4.12. The van der Waals surface area contributed by atoms with Gasteiger partial charge in [-0.05, 0) is 44.8 Å². The molecular weight excluding hydrogens is 416 g/mol. The Labute approximate surface area is 185 Å². The first kappa shape index (κ1) is 26.5. The lowest BCUT2D eigenvalue weighted by atomic mass is 10.2. The molecule has 28 heavy (non-hydrogen) atoms. The molecule has 0 saturated heterocycles. The van der Waals surface area contributed by atoms with Gasteiger partial charge in [-0.2, -0.15) is 0 Å². The van der Waals surface area contributed by atoms with E-state index in [-0.39, 0.29) is 20.6 Å². The highest BCUT2D eigenvalue weighted by atomic mass is 32.4. The van der Waals surface area contributed by atoms with Gasteiger partial charge in [0.15, 0.2) is 0 Å². The third-order valence-electron chi connectivity index (χ3n) is 5.97. The van der Waals surface area contributed by atoms with Crippen LogP contribution < -0.4 is 0 Å². The van der Waals surface area contributed by atoms with Crippen molar-refractivity contribution in [1.29, 1.82) is 0 Å². The number of hydrogen-bond donors (Lipinski definition) is 0. The van der Waals surface area contributed by atoms with E-state index in [9.17, 15) is 0 Å². The molecule has 0 aliphatic heterocycles. The van der Waals surface area contributed by atoms with Gasteiger partial charge in [-0.3, -0.25) is 4.98 Å². The van der Waals surface area contributed by atoms with Crippen LogP contribution in [0.5, 0.6) is 0 Å². The zero-order chi connectivity index (χ0) is 22.4. The summed E-state index contributed by atoms with van der Waals surface area (Å²) in [5.41, 5.74) is 2.30. The summed E-state index contributed by atoms with van der Waals surface area (Å²) >= 11 is 12.8. The third-order valence-corrected chi connectivity index (χ3v) is 23.5. The molecule has 0 N–H and O–H groups in total. The molecule has 0 spiro atoms. The van der Waals surface area contributed by atoms with Crippen LogP contribution >= 0.6 is 12.1 Å². The number of pyridine rings is 1. The fourth-order valence-corrected chi connectivity index (χ4v) is 12.1. The van der Waals surface area contributed by atoms with E-state index < -0.39 is 12.1 Å². The molecule has 0 atom stereocenters. The summed E-state index contributed by atoms with van der Waals surface area (Å²) < 4.78 is 0. The van der Waals surface area contributed by atoms with Crippen LogP contribution in [0.2, 0.25) is 0 Å². The topological polar surface area (TPSA) is 12.9 Å². The number of hydrogen-bond acceptors (Lipinski definition) is 3. The summed E-state index contributed by atoms with van der Waals surface area (Å²) in [5.74, 6) is 0. The second kappa shape index (κ2) is 8.18. The van der Waals surface area contributed by atoms with Crippen molar-refractivity contribution in [3.8, 4) is 0 Å². The average Bonchev–Trinajstić information content (AvgIpc) is 2.42. The summed E-state index contributed by atoms with van der Waals surface area (Å²) in [6, 6.07) is 3.11. The minimum absolute atomic E-state index is 0.115. The van der Waals surface area contributed by atoms with Crippen molar-refractivity contribution in [2.75, 3.05) is 0 Å². The maximum Gasteiger partial charge on any atom is 0.0457 e. The monoisotopic (exact) mass is 459 g/mol. The molecule has 1 nitrogen and oxygen atoms in total. The number of nitrogens with zero attached hydrogens (tertiary/aromatic N) is 1. The summed E-state index contributed by atoms with van der Waals surface area (Å²) in [7, 11) is 0. The molecule has 162 valence electrons. The van der Waals surface area contributed by atoms with Gasteiger partial charge in [0.25, 0.3) is 0 Å². The Morgan fingerprint density at radius 3 is 1.07 bits per heavy atom. The van der Waals surface area contributed by atoms with Gasteiger partial charge in [-0.1, -0.05) is 113 Å². The Morgan fingerprint density at radius 1 is 0.607 bits per heavy atom. The molecule has 0 unspecified atom stereocenters. The van der Waals surface area contributed by atoms with Gasteiger partial charge in [0, 0.05) is 23.7 Å². The van der Waals surface area contributed by atoms with Gasteiger partial charge in [0.1, 0.15) is 0 Å². The Bertz CT molecular complexity index is 685. The van der Waals surface area contributed by atoms with E-state index in [1.165, 1.54) is 0 Å². The van der Waals surface area contributed by atoms with Crippen LogP contribution in [0.25, 0.3) is 0 Å². The molecular formula is C23H43NP2S2. The van der Waals surface area contributed by atoms with Gasteiger partial charge >= 0.3 is 0 Å². The molecule has 0 radical (unpaired) electrons. The van der Waals surface area contributed by atoms with Crippen LogP contribution in [0.1, 0.15) is 94.5 Å². The first-order valence-corrected chi connectivity index (χ1v) is 16.3. The van der Waals surface area contributed by atoms with E-state index in [2.05, 4.69) is 101 Å². The minimum atomic E-state index is -1.69. The molecule has 0 amide bonds. The fraction of sp³-hybridized carbons (Fsp3) is 0.783. The van der Waals surface area contributed by atoms with Crippen molar-refractivity contribution in [3.05, 3.63) is 29.6 Å². The molecule has 5 heteroatoms. The Balaban J connectivity index is 3.38. The molecule has 1 aromatic heterocycles. The highest BCUT2D eigenvalue weighted by Crippen LogP contribution is 2.70. The molecule has 0 saturated carbocycles. The van der Waals surface area contributed by atoms with Crippen LogP contribution in [0.4, 0.5) is 0 Å². The van der Waals surface area contributed by atoms with E-state index in [1.807, 2.05) is 0 Å². The summed E-state index contributed by atoms with van der Waals surface area (Å²) in [6.45, 7) is 27.7. The van der Waals surface area contributed by atoms with Gasteiger partial charge in [0.05, 0.1) is 0 Å². The van der Waals surface area contributed by atoms with Crippen molar-refractivity contribution < 1.29 is 0 Å². The molecule has 1 rings (SSSR count). The standard InChI is InChI=1S/C23H43NP2S2/c1-20(2,3)25(27,21(4,5)6)16-18-14-13-15-19(24-18)17-26(28,22(7,8)9)23(10,11)12/h13-15H,16-17H2,1-12H3. The van der Waals surface area contributed by atoms with Crippen LogP contribution in [0.3, 0.4) is 0 Å². The van der Waals surface area contributed by atoms with Crippen molar-refractivity contribution in [1.82, 2.24) is 4.98 Å². The van der Waals surface area contributed by atoms with E-state index in [0.29, 0.717) is 0 Å². The number of rotatable bonds is 4. The van der Waals surface area contributed by atoms with Gasteiger partial charge in [-0.15, -0.1) is 0 Å². The quantitative estimate of drug-likeness (QED) is 0.421. The summed E-state index contributed by atoms with van der Waals surface area (Å²) in [4.78, 5) is 5.12. The van der Waals surface area contributed by atoms with E-state index in [0.717, 1.165) is 23.7 Å². The first-order chi connectivity index (χ1) is 12.2. The average molecular weight is 460 g/mol. The lowest BCUT2D eigenvalue weighted by molar-refractivity contribution is 0.697. The normalized spacial score (nSPS) is 15.0. The van der Waals surface area contributed by atoms with Crippen LogP contribution in [0, 0.1) is 0 Å². The lowest BCUT2D eigenvalue weighted by Gasteiger charge is -2.45. The first-order valence-electron chi connectivity index (χ1n) is 10.3. The van der Waals surface area contributed by atoms with E-state index in [4.69, 9.17) is 28.6 Å². The van der Waals surface area contributed by atoms with E-state index >= 15 is 0 Å². The second-order valence-corrected chi connectivity index (χ2v) is 24.8. The predicted octanol–water partition coefficient (Wildman–Crippen LogP) is 8.23. The highest BCUT2D eigenvalue weighted by Gasteiger charge is 2.43. The van der Waals surface area contributed by atoms with Crippen LogP contribution in [-0.2, 0) is 35.9 Å². The maximum absolute atomic E-state index is 6.39. The van der Waals surface area contributed by atoms with Crippen molar-refractivity contribution in [2.45, 2.75) is 116 Å². The molecule has 0 bridgehead atoms. The molecule has 0 aliphatic carbocycles. The SMILES string of the molecule is CC(C)(C)P(=S)(Cc1cccc(CP(=S)(C(C)(C)C)C(C)(C)C)n1)C(C)(C)C. The van der Waals surface area contributed by atoms with Gasteiger partial charge in [0.2, 0.25) is 0 Å². The van der Waals surface area contributed by atoms with Gasteiger partial charge < -0.3 is 0 Å². The number of aromatic nitrogens is 1. The molecule has 1 aromatic rings. The predicted molar refractivity (Wildman–Crippen MR) is 139 cm³/mol. The highest BCUT2D eigenvalue weighted by molar-refractivity contribution is 8.16. The van der Waals surface area contributed by atoms with Crippen LogP contribution in [0.15, 0.2) is 18.2 Å². The molecule has 0 aromatic carbocycles. The maximum atomic E-state index is 6.39. The third kappa shape index (κ3) is 5.38. The van der Waals surface area contributed by atoms with Crippen molar-refractivity contribution >= 4 is 35.7 Å². The van der Waals surface area contributed by atoms with Crippen LogP contribution in [-0.4, -0.2) is 25.6 Å². The van der Waals surface area contributed by atoms with E-state index in [1.54, 1.807) is 0 Å². The smallest absolute Gasteiger partial charge is 0.0457 e. The zero-order valence-corrected chi connectivity index (χ0v) is 23.7. The molecule has 0 aliphatic rings. The minimum Gasteiger partial charge on any atom is -0.257 e. The second-order valence-electron chi connectivity index (χ2n) is 12.1. The Morgan fingerprint density at radius 2 is 0.857 bits per heavy atom. The van der Waals surface area contributed by atoms with Crippen molar-refractivity contribution in [2.24, 2.45) is 0 Å².